The predicted molar refractivity (Wildman–Crippen MR) is 117 cm³/mol. The monoisotopic (exact) mass is 406 g/mol. The normalized spacial score (nSPS) is 10.7. The van der Waals surface area contributed by atoms with E-state index in [4.69, 9.17) is 4.74 Å². The summed E-state index contributed by atoms with van der Waals surface area (Å²) in [6, 6.07) is 24.8. The van der Waals surface area contributed by atoms with Gasteiger partial charge in [0.15, 0.2) is 4.34 Å². The fraction of sp³-hybridized carbons (Fsp3) is 0.0909. The van der Waals surface area contributed by atoms with Gasteiger partial charge in [-0.3, -0.25) is 4.79 Å². The molecule has 0 saturated carbocycles. The van der Waals surface area contributed by atoms with Gasteiger partial charge in [0, 0.05) is 17.0 Å². The van der Waals surface area contributed by atoms with Gasteiger partial charge in [-0.15, -0.1) is 11.3 Å². The molecule has 0 atom stereocenters. The van der Waals surface area contributed by atoms with Gasteiger partial charge in [-0.1, -0.05) is 48.2 Å². The molecular weight excluding hydrogens is 388 g/mol. The second kappa shape index (κ2) is 8.91. The molecule has 0 aliphatic heterocycles. The molecule has 1 aromatic heterocycles. The molecule has 1 amide bonds. The van der Waals surface area contributed by atoms with E-state index in [1.165, 1.54) is 0 Å². The number of fused-ring (bicyclic) bond motifs is 1. The molecule has 140 valence electrons. The van der Waals surface area contributed by atoms with Gasteiger partial charge < -0.3 is 10.1 Å². The van der Waals surface area contributed by atoms with Crippen molar-refractivity contribution in [2.24, 2.45) is 0 Å². The number of thiazole rings is 1. The number of benzene rings is 3. The molecule has 0 aliphatic carbocycles. The van der Waals surface area contributed by atoms with Crippen LogP contribution in [0.4, 0.5) is 5.69 Å². The minimum Gasteiger partial charge on any atom is -0.493 e. The molecule has 0 unspecified atom stereocenters. The van der Waals surface area contributed by atoms with Gasteiger partial charge in [-0.2, -0.15) is 0 Å². The first kappa shape index (κ1) is 18.5. The summed E-state index contributed by atoms with van der Waals surface area (Å²) < 4.78 is 7.77. The van der Waals surface area contributed by atoms with Crippen molar-refractivity contribution in [1.29, 1.82) is 0 Å². The Labute approximate surface area is 171 Å². The molecule has 0 radical (unpaired) electrons. The Morgan fingerprint density at radius 2 is 1.75 bits per heavy atom. The van der Waals surface area contributed by atoms with E-state index in [0.29, 0.717) is 12.2 Å². The minimum absolute atomic E-state index is 0.114. The number of carbonyl (C=O) groups is 1. The Hall–Kier alpha value is -2.83. The first-order chi connectivity index (χ1) is 13.8. The van der Waals surface area contributed by atoms with Gasteiger partial charge in [-0.05, 0) is 42.5 Å². The number of anilines is 1. The topological polar surface area (TPSA) is 51.2 Å². The zero-order valence-corrected chi connectivity index (χ0v) is 16.6. The number of amides is 1. The summed E-state index contributed by atoms with van der Waals surface area (Å²) in [6.45, 7) is 0.628. The van der Waals surface area contributed by atoms with Gasteiger partial charge in [0.2, 0.25) is 0 Å². The lowest BCUT2D eigenvalue weighted by Gasteiger charge is -2.04. The standard InChI is InChI=1S/C22H18N2O2S2/c25-21(16-7-3-1-4-8-16)23-17-11-12-19-20(15-17)28-22(24-19)27-14-13-26-18-9-5-2-6-10-18/h1-12,15H,13-14H2,(H,23,25). The van der Waals surface area contributed by atoms with Crippen LogP contribution in [0.15, 0.2) is 83.2 Å². The largest absolute Gasteiger partial charge is 0.493 e. The van der Waals surface area contributed by atoms with Gasteiger partial charge in [0.25, 0.3) is 5.91 Å². The van der Waals surface area contributed by atoms with Crippen LogP contribution >= 0.6 is 23.1 Å². The Kier molecular flexibility index (Phi) is 5.89. The average molecular weight is 407 g/mol. The van der Waals surface area contributed by atoms with Crippen LogP contribution in [0.5, 0.6) is 5.75 Å². The fourth-order valence-electron chi connectivity index (χ4n) is 2.64. The minimum atomic E-state index is -0.114. The van der Waals surface area contributed by atoms with Crippen LogP contribution in [-0.2, 0) is 0 Å². The number of aromatic nitrogens is 1. The maximum Gasteiger partial charge on any atom is 0.255 e. The first-order valence-corrected chi connectivity index (χ1v) is 10.7. The Balaban J connectivity index is 1.36. The van der Waals surface area contributed by atoms with E-state index in [1.807, 2.05) is 66.7 Å². The SMILES string of the molecule is O=C(Nc1ccc2nc(SCCOc3ccccc3)sc2c1)c1ccccc1. The smallest absolute Gasteiger partial charge is 0.255 e. The van der Waals surface area contributed by atoms with Crippen LogP contribution in [-0.4, -0.2) is 23.3 Å². The number of hydrogen-bond donors (Lipinski definition) is 1. The molecule has 1 heterocycles. The fourth-order valence-corrected chi connectivity index (χ4v) is 4.64. The maximum atomic E-state index is 12.3. The van der Waals surface area contributed by atoms with Crippen molar-refractivity contribution in [2.45, 2.75) is 4.34 Å². The number of para-hydroxylation sites is 1. The highest BCUT2D eigenvalue weighted by molar-refractivity contribution is 8.01. The summed E-state index contributed by atoms with van der Waals surface area (Å²) in [5, 5.41) is 2.94. The third kappa shape index (κ3) is 4.71. The van der Waals surface area contributed by atoms with Gasteiger partial charge >= 0.3 is 0 Å². The van der Waals surface area contributed by atoms with E-state index in [-0.39, 0.29) is 5.91 Å². The quantitative estimate of drug-likeness (QED) is 0.315. The van der Waals surface area contributed by atoms with Crippen molar-refractivity contribution in [2.75, 3.05) is 17.7 Å². The number of rotatable bonds is 7. The molecule has 0 spiro atoms. The van der Waals surface area contributed by atoms with Gasteiger partial charge in [0.05, 0.1) is 16.8 Å². The van der Waals surface area contributed by atoms with Crippen molar-refractivity contribution < 1.29 is 9.53 Å². The number of nitrogens with zero attached hydrogens (tertiary/aromatic N) is 1. The third-order valence-corrected chi connectivity index (χ3v) is 6.11. The second-order valence-electron chi connectivity index (χ2n) is 5.99. The summed E-state index contributed by atoms with van der Waals surface area (Å²) in [7, 11) is 0. The van der Waals surface area contributed by atoms with E-state index in [2.05, 4.69) is 10.3 Å². The zero-order chi connectivity index (χ0) is 19.2. The van der Waals surface area contributed by atoms with E-state index < -0.39 is 0 Å². The zero-order valence-electron chi connectivity index (χ0n) is 15.0. The van der Waals surface area contributed by atoms with E-state index in [9.17, 15) is 4.79 Å². The Morgan fingerprint density at radius 3 is 2.54 bits per heavy atom. The maximum absolute atomic E-state index is 12.3. The molecule has 1 N–H and O–H groups in total. The number of carbonyl (C=O) groups excluding carboxylic acids is 1. The molecule has 0 saturated heterocycles. The van der Waals surface area contributed by atoms with Crippen molar-refractivity contribution in [3.63, 3.8) is 0 Å². The molecule has 6 heteroatoms. The lowest BCUT2D eigenvalue weighted by atomic mass is 10.2. The first-order valence-electron chi connectivity index (χ1n) is 8.85. The van der Waals surface area contributed by atoms with Crippen LogP contribution in [0.25, 0.3) is 10.2 Å². The lowest BCUT2D eigenvalue weighted by Crippen LogP contribution is -2.11. The average Bonchev–Trinajstić information content (AvgIpc) is 3.15. The number of ether oxygens (including phenoxy) is 1. The number of hydrogen-bond acceptors (Lipinski definition) is 5. The highest BCUT2D eigenvalue weighted by Gasteiger charge is 2.09. The molecule has 4 aromatic rings. The van der Waals surface area contributed by atoms with E-state index in [1.54, 1.807) is 35.2 Å². The summed E-state index contributed by atoms with van der Waals surface area (Å²) in [5.41, 5.74) is 2.35. The van der Waals surface area contributed by atoms with Crippen LogP contribution in [0.2, 0.25) is 0 Å². The summed E-state index contributed by atoms with van der Waals surface area (Å²) in [4.78, 5) is 17.0. The second-order valence-corrected chi connectivity index (χ2v) is 8.37. The predicted octanol–water partition coefficient (Wildman–Crippen LogP) is 5.72. The number of thioether (sulfide) groups is 1. The molecule has 0 aliphatic rings. The Bertz CT molecular complexity index is 1070. The molecule has 0 fully saturated rings. The number of nitrogens with one attached hydrogen (secondary N) is 1. The molecular formula is C22H18N2O2S2. The highest BCUT2D eigenvalue weighted by atomic mass is 32.2. The molecule has 0 bridgehead atoms. The van der Waals surface area contributed by atoms with Crippen LogP contribution in [0, 0.1) is 0 Å². The van der Waals surface area contributed by atoms with Crippen molar-refractivity contribution in [3.8, 4) is 5.75 Å². The van der Waals surface area contributed by atoms with Crippen molar-refractivity contribution >= 4 is 44.9 Å². The van der Waals surface area contributed by atoms with Crippen LogP contribution in [0.3, 0.4) is 0 Å². The lowest BCUT2D eigenvalue weighted by molar-refractivity contribution is 0.102. The summed E-state index contributed by atoms with van der Waals surface area (Å²) >= 11 is 3.30. The van der Waals surface area contributed by atoms with Crippen LogP contribution < -0.4 is 10.1 Å². The van der Waals surface area contributed by atoms with Crippen molar-refractivity contribution in [3.05, 3.63) is 84.4 Å². The molecule has 3 aromatic carbocycles. The van der Waals surface area contributed by atoms with Gasteiger partial charge in [-0.25, -0.2) is 4.98 Å². The summed E-state index contributed by atoms with van der Waals surface area (Å²) in [5.74, 6) is 1.59. The van der Waals surface area contributed by atoms with Crippen LogP contribution in [0.1, 0.15) is 10.4 Å². The van der Waals surface area contributed by atoms with E-state index in [0.717, 1.165) is 31.7 Å². The molecule has 4 nitrogen and oxygen atoms in total. The van der Waals surface area contributed by atoms with Crippen molar-refractivity contribution in [1.82, 2.24) is 4.98 Å². The summed E-state index contributed by atoms with van der Waals surface area (Å²) in [6.07, 6.45) is 0. The van der Waals surface area contributed by atoms with E-state index >= 15 is 0 Å². The highest BCUT2D eigenvalue weighted by Crippen LogP contribution is 2.31. The third-order valence-electron chi connectivity index (χ3n) is 3.98. The van der Waals surface area contributed by atoms with Gasteiger partial charge in [0.1, 0.15) is 5.75 Å². The molecule has 28 heavy (non-hydrogen) atoms. The Morgan fingerprint density at radius 1 is 1.00 bits per heavy atom. The molecule has 4 rings (SSSR count).